The Morgan fingerprint density at radius 1 is 1.12 bits per heavy atom. The van der Waals surface area contributed by atoms with Gasteiger partial charge in [0.2, 0.25) is 5.01 Å². The molecular weight excluding hydrogens is 450 g/mol. The van der Waals surface area contributed by atoms with Gasteiger partial charge in [0.25, 0.3) is 5.91 Å². The topological polar surface area (TPSA) is 105 Å². The summed E-state index contributed by atoms with van der Waals surface area (Å²) in [5.74, 6) is 0.643. The zero-order chi connectivity index (χ0) is 22.1. The van der Waals surface area contributed by atoms with Crippen LogP contribution in [0.25, 0.3) is 11.0 Å². The van der Waals surface area contributed by atoms with Gasteiger partial charge in [-0.15, -0.1) is 10.2 Å². The van der Waals surface area contributed by atoms with E-state index in [1.165, 1.54) is 11.3 Å². The SMILES string of the molecule is Cn1ncc2c(N3CCN(Cc4nnc(C(=O)Nc5ccc(Cl)cc5)s4)CC3)ncnc21. The van der Waals surface area contributed by atoms with Crippen molar-refractivity contribution in [2.45, 2.75) is 6.54 Å². The van der Waals surface area contributed by atoms with Gasteiger partial charge in [0.15, 0.2) is 5.65 Å². The van der Waals surface area contributed by atoms with Crippen molar-refractivity contribution in [3.05, 3.63) is 51.8 Å². The molecule has 4 heterocycles. The number of nitrogens with one attached hydrogen (secondary N) is 1. The number of anilines is 2. The third-order valence-electron chi connectivity index (χ3n) is 5.30. The summed E-state index contributed by atoms with van der Waals surface area (Å²) in [6.45, 7) is 4.05. The predicted octanol–water partition coefficient (Wildman–Crippen LogP) is 2.44. The van der Waals surface area contributed by atoms with Crippen LogP contribution in [0.2, 0.25) is 5.02 Å². The van der Waals surface area contributed by atoms with E-state index < -0.39 is 0 Å². The summed E-state index contributed by atoms with van der Waals surface area (Å²) in [5.41, 5.74) is 1.50. The number of rotatable bonds is 5. The van der Waals surface area contributed by atoms with Crippen LogP contribution in [0.4, 0.5) is 11.5 Å². The molecule has 10 nitrogen and oxygen atoms in total. The number of piperazine rings is 1. The van der Waals surface area contributed by atoms with E-state index in [1.54, 1.807) is 35.3 Å². The molecule has 0 radical (unpaired) electrons. The van der Waals surface area contributed by atoms with Crippen LogP contribution in [0.15, 0.2) is 36.8 Å². The van der Waals surface area contributed by atoms with Gasteiger partial charge in [-0.1, -0.05) is 22.9 Å². The lowest BCUT2D eigenvalue weighted by Gasteiger charge is -2.35. The highest BCUT2D eigenvalue weighted by Gasteiger charge is 2.22. The van der Waals surface area contributed by atoms with Gasteiger partial charge in [-0.25, -0.2) is 9.97 Å². The summed E-state index contributed by atoms with van der Waals surface area (Å²) in [5, 5.41) is 18.1. The molecule has 0 spiro atoms. The first-order valence-corrected chi connectivity index (χ1v) is 11.3. The van der Waals surface area contributed by atoms with Crippen molar-refractivity contribution in [1.82, 2.24) is 34.8 Å². The Balaban J connectivity index is 1.18. The number of carbonyl (C=O) groups excluding carboxylic acids is 1. The summed E-state index contributed by atoms with van der Waals surface area (Å²) in [6.07, 6.45) is 3.40. The van der Waals surface area contributed by atoms with E-state index in [1.807, 2.05) is 13.2 Å². The van der Waals surface area contributed by atoms with Crippen molar-refractivity contribution >= 4 is 51.4 Å². The molecule has 32 heavy (non-hydrogen) atoms. The van der Waals surface area contributed by atoms with Crippen LogP contribution in [0.5, 0.6) is 0 Å². The van der Waals surface area contributed by atoms with Gasteiger partial charge in [0, 0.05) is 43.9 Å². The molecule has 0 saturated carbocycles. The van der Waals surface area contributed by atoms with Crippen LogP contribution in [-0.2, 0) is 13.6 Å². The fourth-order valence-electron chi connectivity index (χ4n) is 3.64. The third-order valence-corrected chi connectivity index (χ3v) is 6.46. The largest absolute Gasteiger partial charge is 0.353 e. The molecule has 3 aromatic heterocycles. The molecule has 1 aromatic carbocycles. The van der Waals surface area contributed by atoms with Gasteiger partial charge in [-0.3, -0.25) is 14.4 Å². The molecule has 12 heteroatoms. The Hall–Kier alpha value is -3.15. The first kappa shape index (κ1) is 20.7. The van der Waals surface area contributed by atoms with Gasteiger partial charge in [0.05, 0.1) is 18.1 Å². The monoisotopic (exact) mass is 469 g/mol. The van der Waals surface area contributed by atoms with Crippen molar-refractivity contribution in [3.8, 4) is 0 Å². The summed E-state index contributed by atoms with van der Waals surface area (Å²) >= 11 is 7.19. The van der Waals surface area contributed by atoms with Crippen molar-refractivity contribution in [2.24, 2.45) is 7.05 Å². The van der Waals surface area contributed by atoms with E-state index >= 15 is 0 Å². The normalized spacial score (nSPS) is 14.8. The fourth-order valence-corrected chi connectivity index (χ4v) is 4.54. The highest BCUT2D eigenvalue weighted by atomic mass is 35.5. The molecule has 1 N–H and O–H groups in total. The van der Waals surface area contributed by atoms with Crippen molar-refractivity contribution in [2.75, 3.05) is 36.4 Å². The third kappa shape index (κ3) is 4.27. The summed E-state index contributed by atoms with van der Waals surface area (Å²) in [4.78, 5) is 25.8. The van der Waals surface area contributed by atoms with Gasteiger partial charge in [-0.2, -0.15) is 5.10 Å². The van der Waals surface area contributed by atoms with E-state index in [-0.39, 0.29) is 5.91 Å². The summed E-state index contributed by atoms with van der Waals surface area (Å²) in [6, 6.07) is 6.95. The number of halogens is 1. The molecule has 164 valence electrons. The minimum Gasteiger partial charge on any atom is -0.353 e. The Bertz CT molecular complexity index is 1250. The van der Waals surface area contributed by atoms with Gasteiger partial charge >= 0.3 is 0 Å². The first-order valence-electron chi connectivity index (χ1n) is 10.1. The number of hydrogen-bond acceptors (Lipinski definition) is 9. The molecule has 1 aliphatic heterocycles. The minimum absolute atomic E-state index is 0.273. The van der Waals surface area contributed by atoms with E-state index in [9.17, 15) is 4.79 Å². The van der Waals surface area contributed by atoms with E-state index in [0.717, 1.165) is 48.0 Å². The quantitative estimate of drug-likeness (QED) is 0.475. The van der Waals surface area contributed by atoms with E-state index in [2.05, 4.69) is 40.4 Å². The van der Waals surface area contributed by atoms with Crippen LogP contribution in [0.1, 0.15) is 14.8 Å². The maximum atomic E-state index is 12.4. The number of aryl methyl sites for hydroxylation is 1. The fraction of sp³-hybridized carbons (Fsp3) is 0.300. The molecule has 4 aromatic rings. The average molecular weight is 470 g/mol. The van der Waals surface area contributed by atoms with Gasteiger partial charge < -0.3 is 10.2 Å². The number of aromatic nitrogens is 6. The number of hydrogen-bond donors (Lipinski definition) is 1. The van der Waals surface area contributed by atoms with Crippen molar-refractivity contribution in [1.29, 1.82) is 0 Å². The van der Waals surface area contributed by atoms with Crippen LogP contribution in [0.3, 0.4) is 0 Å². The Morgan fingerprint density at radius 2 is 1.91 bits per heavy atom. The molecule has 1 saturated heterocycles. The molecular formula is C20H20ClN9OS. The van der Waals surface area contributed by atoms with Crippen LogP contribution in [0, 0.1) is 0 Å². The molecule has 5 rings (SSSR count). The van der Waals surface area contributed by atoms with Crippen molar-refractivity contribution in [3.63, 3.8) is 0 Å². The van der Waals surface area contributed by atoms with Crippen molar-refractivity contribution < 1.29 is 4.79 Å². The van der Waals surface area contributed by atoms with Crippen LogP contribution in [-0.4, -0.2) is 66.9 Å². The molecule has 0 bridgehead atoms. The molecule has 1 fully saturated rings. The number of fused-ring (bicyclic) bond motifs is 1. The molecule has 1 aliphatic rings. The number of nitrogens with zero attached hydrogens (tertiary/aromatic N) is 8. The highest BCUT2D eigenvalue weighted by molar-refractivity contribution is 7.13. The van der Waals surface area contributed by atoms with Crippen LogP contribution < -0.4 is 10.2 Å². The summed E-state index contributed by atoms with van der Waals surface area (Å²) < 4.78 is 1.76. The lowest BCUT2D eigenvalue weighted by molar-refractivity contribution is 0.102. The maximum absolute atomic E-state index is 12.4. The predicted molar refractivity (Wildman–Crippen MR) is 123 cm³/mol. The number of benzene rings is 1. The molecule has 0 unspecified atom stereocenters. The Kier molecular flexibility index (Phi) is 5.68. The molecule has 0 aliphatic carbocycles. The minimum atomic E-state index is -0.273. The molecule has 0 atom stereocenters. The van der Waals surface area contributed by atoms with Gasteiger partial charge in [-0.05, 0) is 24.3 Å². The first-order chi connectivity index (χ1) is 15.6. The van der Waals surface area contributed by atoms with E-state index in [0.29, 0.717) is 22.3 Å². The zero-order valence-corrected chi connectivity index (χ0v) is 18.8. The highest BCUT2D eigenvalue weighted by Crippen LogP contribution is 2.24. The van der Waals surface area contributed by atoms with Crippen LogP contribution >= 0.6 is 22.9 Å². The Labute approximate surface area is 192 Å². The zero-order valence-electron chi connectivity index (χ0n) is 17.3. The standard InChI is InChI=1S/C20H20ClN9OS/c1-28-17-15(10-24-28)18(23-12-22-17)30-8-6-29(7-9-30)11-16-26-27-20(32-16)19(31)25-14-4-2-13(21)3-5-14/h2-5,10,12H,6-9,11H2,1H3,(H,25,31). The lowest BCUT2D eigenvalue weighted by atomic mass is 10.3. The van der Waals surface area contributed by atoms with E-state index in [4.69, 9.17) is 11.6 Å². The lowest BCUT2D eigenvalue weighted by Crippen LogP contribution is -2.46. The number of carbonyl (C=O) groups is 1. The summed E-state index contributed by atoms with van der Waals surface area (Å²) in [7, 11) is 1.88. The second-order valence-corrected chi connectivity index (χ2v) is 8.93. The Morgan fingerprint density at radius 3 is 2.69 bits per heavy atom. The average Bonchev–Trinajstić information content (AvgIpc) is 3.43. The molecule has 1 amide bonds. The maximum Gasteiger partial charge on any atom is 0.286 e. The smallest absolute Gasteiger partial charge is 0.286 e. The van der Waals surface area contributed by atoms with Gasteiger partial charge in [0.1, 0.15) is 17.2 Å². The second kappa shape index (κ2) is 8.77. The number of amides is 1. The second-order valence-electron chi connectivity index (χ2n) is 7.43.